The summed E-state index contributed by atoms with van der Waals surface area (Å²) < 4.78 is 38.1. The molecule has 1 saturated carbocycles. The van der Waals surface area contributed by atoms with E-state index in [1.807, 2.05) is 0 Å². The normalized spacial score (nSPS) is 19.6. The number of alkyl halides is 3. The van der Waals surface area contributed by atoms with E-state index in [0.29, 0.717) is 0 Å². The van der Waals surface area contributed by atoms with E-state index in [4.69, 9.17) is 10.8 Å². The molecule has 0 spiro atoms. The van der Waals surface area contributed by atoms with Gasteiger partial charge in [0.2, 0.25) is 0 Å². The van der Waals surface area contributed by atoms with Gasteiger partial charge in [-0.1, -0.05) is 0 Å². The second-order valence-corrected chi connectivity index (χ2v) is 3.83. The summed E-state index contributed by atoms with van der Waals surface area (Å²) >= 11 is 0. The smallest absolute Gasteiger partial charge is 0.395 e. The van der Waals surface area contributed by atoms with Crippen LogP contribution in [0.25, 0.3) is 0 Å². The van der Waals surface area contributed by atoms with Crippen LogP contribution < -0.4 is 5.73 Å². The van der Waals surface area contributed by atoms with Crippen LogP contribution in [0.5, 0.6) is 0 Å². The van der Waals surface area contributed by atoms with Gasteiger partial charge in [-0.3, -0.25) is 4.90 Å². The number of hydrogen-bond donors (Lipinski definition) is 2. The van der Waals surface area contributed by atoms with Crippen molar-refractivity contribution in [2.24, 2.45) is 5.73 Å². The second kappa shape index (κ2) is 5.14. The number of aliphatic hydroxyl groups is 1. The van der Waals surface area contributed by atoms with Gasteiger partial charge < -0.3 is 10.8 Å². The Balaban J connectivity index is 2.65. The van der Waals surface area contributed by atoms with Crippen LogP contribution >= 0.6 is 0 Å². The largest absolute Gasteiger partial charge is 0.404 e. The quantitative estimate of drug-likeness (QED) is 0.701. The van der Waals surface area contributed by atoms with Crippen LogP contribution in [0, 0.1) is 0 Å². The molecule has 0 aromatic carbocycles. The van der Waals surface area contributed by atoms with Gasteiger partial charge in [-0.25, -0.2) is 0 Å². The fourth-order valence-electron chi connectivity index (χ4n) is 1.79. The summed E-state index contributed by atoms with van der Waals surface area (Å²) in [5.74, 6) is 0. The maximum Gasteiger partial charge on any atom is 0.404 e. The first-order valence-electron chi connectivity index (χ1n) is 5.14. The summed E-state index contributed by atoms with van der Waals surface area (Å²) in [7, 11) is 0. The van der Waals surface area contributed by atoms with Gasteiger partial charge in [0.1, 0.15) is 6.04 Å². The Bertz CT molecular complexity index is 194. The number of hydrogen-bond acceptors (Lipinski definition) is 3. The average Bonchev–Trinajstić information content (AvgIpc) is 2.92. The Labute approximate surface area is 87.0 Å². The second-order valence-electron chi connectivity index (χ2n) is 3.83. The highest BCUT2D eigenvalue weighted by Crippen LogP contribution is 2.35. The van der Waals surface area contributed by atoms with Crippen molar-refractivity contribution in [2.75, 3.05) is 19.7 Å². The number of aliphatic hydroxyl groups excluding tert-OH is 1. The molecule has 1 aliphatic rings. The van der Waals surface area contributed by atoms with Crippen molar-refractivity contribution in [1.29, 1.82) is 0 Å². The maximum atomic E-state index is 12.7. The van der Waals surface area contributed by atoms with E-state index in [-0.39, 0.29) is 32.2 Å². The Morgan fingerprint density at radius 2 is 2.00 bits per heavy atom. The fourth-order valence-corrected chi connectivity index (χ4v) is 1.79. The van der Waals surface area contributed by atoms with Crippen LogP contribution in [0.15, 0.2) is 0 Å². The molecule has 6 heteroatoms. The van der Waals surface area contributed by atoms with Crippen molar-refractivity contribution < 1.29 is 18.3 Å². The Morgan fingerprint density at radius 1 is 1.40 bits per heavy atom. The van der Waals surface area contributed by atoms with Crippen molar-refractivity contribution in [2.45, 2.75) is 37.5 Å². The van der Waals surface area contributed by atoms with Gasteiger partial charge in [0, 0.05) is 12.6 Å². The van der Waals surface area contributed by atoms with Crippen LogP contribution in [-0.4, -0.2) is 48.0 Å². The first kappa shape index (κ1) is 12.7. The molecule has 3 N–H and O–H groups in total. The molecule has 1 atom stereocenters. The van der Waals surface area contributed by atoms with Gasteiger partial charge in [0.25, 0.3) is 0 Å². The molecule has 0 bridgehead atoms. The topological polar surface area (TPSA) is 49.5 Å². The lowest BCUT2D eigenvalue weighted by Crippen LogP contribution is -2.49. The van der Waals surface area contributed by atoms with Crippen molar-refractivity contribution in [3.8, 4) is 0 Å². The number of nitrogens with two attached hydrogens (primary N) is 1. The standard InChI is InChI=1S/C9H17F3N2O/c10-9(11,12)8(3-4-13)14(5-6-15)7-1-2-7/h7-8,15H,1-6,13H2. The predicted octanol–water partition coefficient (Wildman–Crippen LogP) is 0.723. The van der Waals surface area contributed by atoms with Gasteiger partial charge >= 0.3 is 6.18 Å². The average molecular weight is 226 g/mol. The summed E-state index contributed by atoms with van der Waals surface area (Å²) in [4.78, 5) is 1.34. The van der Waals surface area contributed by atoms with Gasteiger partial charge in [-0.2, -0.15) is 13.2 Å². The van der Waals surface area contributed by atoms with E-state index in [1.165, 1.54) is 4.90 Å². The summed E-state index contributed by atoms with van der Waals surface area (Å²) in [6, 6.07) is -1.52. The Morgan fingerprint density at radius 3 is 2.33 bits per heavy atom. The van der Waals surface area contributed by atoms with Gasteiger partial charge in [-0.05, 0) is 25.8 Å². The zero-order chi connectivity index (χ0) is 11.5. The maximum absolute atomic E-state index is 12.7. The van der Waals surface area contributed by atoms with Crippen molar-refractivity contribution in [3.63, 3.8) is 0 Å². The zero-order valence-corrected chi connectivity index (χ0v) is 8.50. The highest BCUT2D eigenvalue weighted by atomic mass is 19.4. The molecule has 0 radical (unpaired) electrons. The van der Waals surface area contributed by atoms with Crippen LogP contribution in [0.2, 0.25) is 0 Å². The third-order valence-electron chi connectivity index (χ3n) is 2.59. The third-order valence-corrected chi connectivity index (χ3v) is 2.59. The molecule has 0 aliphatic heterocycles. The molecule has 0 aromatic rings. The molecule has 15 heavy (non-hydrogen) atoms. The number of rotatable bonds is 6. The van der Waals surface area contributed by atoms with Crippen LogP contribution in [0.3, 0.4) is 0 Å². The van der Waals surface area contributed by atoms with Crippen molar-refractivity contribution >= 4 is 0 Å². The third kappa shape index (κ3) is 3.62. The van der Waals surface area contributed by atoms with Crippen LogP contribution in [-0.2, 0) is 0 Å². The highest BCUT2D eigenvalue weighted by Gasteiger charge is 2.47. The van der Waals surface area contributed by atoms with Crippen LogP contribution in [0.4, 0.5) is 13.2 Å². The Kier molecular flexibility index (Phi) is 4.36. The lowest BCUT2D eigenvalue weighted by molar-refractivity contribution is -0.187. The summed E-state index contributed by atoms with van der Waals surface area (Å²) in [6.45, 7) is -0.151. The molecular formula is C9H17F3N2O. The van der Waals surface area contributed by atoms with E-state index < -0.39 is 12.2 Å². The van der Waals surface area contributed by atoms with Gasteiger partial charge in [0.15, 0.2) is 0 Å². The summed E-state index contributed by atoms with van der Waals surface area (Å²) in [5.41, 5.74) is 5.19. The molecule has 1 aliphatic carbocycles. The lowest BCUT2D eigenvalue weighted by Gasteiger charge is -2.32. The van der Waals surface area contributed by atoms with E-state index in [2.05, 4.69) is 0 Å². The van der Waals surface area contributed by atoms with Gasteiger partial charge in [-0.15, -0.1) is 0 Å². The first-order valence-corrected chi connectivity index (χ1v) is 5.14. The number of nitrogens with zero attached hydrogens (tertiary/aromatic N) is 1. The minimum Gasteiger partial charge on any atom is -0.395 e. The van der Waals surface area contributed by atoms with Gasteiger partial charge in [0.05, 0.1) is 6.61 Å². The minimum atomic E-state index is -4.25. The van der Waals surface area contributed by atoms with Crippen molar-refractivity contribution in [3.05, 3.63) is 0 Å². The SMILES string of the molecule is NCCC(N(CCO)C1CC1)C(F)(F)F. The molecular weight excluding hydrogens is 209 g/mol. The lowest BCUT2D eigenvalue weighted by atomic mass is 10.1. The molecule has 1 unspecified atom stereocenters. The molecule has 0 aromatic heterocycles. The molecule has 90 valence electrons. The minimum absolute atomic E-state index is 0.0127. The van der Waals surface area contributed by atoms with Crippen LogP contribution in [0.1, 0.15) is 19.3 Å². The zero-order valence-electron chi connectivity index (χ0n) is 8.50. The summed E-state index contributed by atoms with van der Waals surface area (Å²) in [6.07, 6.45) is -2.77. The van der Waals surface area contributed by atoms with E-state index >= 15 is 0 Å². The first-order chi connectivity index (χ1) is 7.00. The number of halogens is 3. The fraction of sp³-hybridized carbons (Fsp3) is 1.00. The molecule has 1 rings (SSSR count). The molecule has 1 fully saturated rings. The monoisotopic (exact) mass is 226 g/mol. The molecule has 3 nitrogen and oxygen atoms in total. The predicted molar refractivity (Wildman–Crippen MR) is 50.3 cm³/mol. The van der Waals surface area contributed by atoms with E-state index in [9.17, 15) is 13.2 Å². The molecule has 0 saturated heterocycles. The Hall–Kier alpha value is -0.330. The molecule has 0 amide bonds. The summed E-state index contributed by atoms with van der Waals surface area (Å²) in [5, 5.41) is 8.76. The van der Waals surface area contributed by atoms with E-state index in [1.54, 1.807) is 0 Å². The molecule has 0 heterocycles. The van der Waals surface area contributed by atoms with E-state index in [0.717, 1.165) is 12.8 Å². The highest BCUT2D eigenvalue weighted by molar-refractivity contribution is 4.91. The van der Waals surface area contributed by atoms with Crippen molar-refractivity contribution in [1.82, 2.24) is 4.90 Å².